The van der Waals surface area contributed by atoms with Crippen molar-refractivity contribution >= 4 is 0 Å². The Morgan fingerprint density at radius 1 is 1.23 bits per heavy atom. The maximum Gasteiger partial charge on any atom is 0.0636 e. The van der Waals surface area contributed by atoms with Gasteiger partial charge in [0.1, 0.15) is 0 Å². The van der Waals surface area contributed by atoms with Crippen LogP contribution in [0.3, 0.4) is 0 Å². The highest BCUT2D eigenvalue weighted by molar-refractivity contribution is 5.12. The Morgan fingerprint density at radius 2 is 1.69 bits per heavy atom. The van der Waals surface area contributed by atoms with Crippen molar-refractivity contribution in [2.24, 2.45) is 16.7 Å². The predicted molar refractivity (Wildman–Crippen MR) is 55.6 cm³/mol. The van der Waals surface area contributed by atoms with E-state index in [9.17, 15) is 0 Å². The van der Waals surface area contributed by atoms with Gasteiger partial charge in [0.15, 0.2) is 0 Å². The van der Waals surface area contributed by atoms with Crippen molar-refractivity contribution in [3.05, 3.63) is 0 Å². The smallest absolute Gasteiger partial charge is 0.0636 e. The molecule has 0 bridgehead atoms. The van der Waals surface area contributed by atoms with Crippen LogP contribution >= 0.6 is 0 Å². The highest BCUT2D eigenvalue weighted by Gasteiger charge is 2.63. The fourth-order valence-corrected chi connectivity index (χ4v) is 2.28. The highest BCUT2D eigenvalue weighted by Crippen LogP contribution is 2.67. The molecule has 2 heteroatoms. The minimum atomic E-state index is -0.232. The van der Waals surface area contributed by atoms with Gasteiger partial charge in [-0.1, -0.05) is 27.7 Å². The van der Waals surface area contributed by atoms with Crippen LogP contribution in [0.1, 0.15) is 34.6 Å². The van der Waals surface area contributed by atoms with Crippen molar-refractivity contribution < 1.29 is 5.11 Å². The summed E-state index contributed by atoms with van der Waals surface area (Å²) in [6.45, 7) is 12.8. The monoisotopic (exact) mass is 185 g/mol. The van der Waals surface area contributed by atoms with Crippen LogP contribution in [-0.4, -0.2) is 24.3 Å². The van der Waals surface area contributed by atoms with E-state index < -0.39 is 0 Å². The minimum absolute atomic E-state index is 0.232. The molecule has 1 aliphatic carbocycles. The molecule has 0 aromatic heterocycles. The molecule has 78 valence electrons. The van der Waals surface area contributed by atoms with E-state index in [1.807, 2.05) is 6.92 Å². The fourth-order valence-electron chi connectivity index (χ4n) is 2.28. The largest absolute Gasteiger partial charge is 0.392 e. The molecule has 0 radical (unpaired) electrons. The summed E-state index contributed by atoms with van der Waals surface area (Å²) in [5.41, 5.74) is 0.914. The third-order valence-electron chi connectivity index (χ3n) is 4.11. The SMILES string of the molecule is C[C@@H](O)CNCC1C(C)(C)C1(C)C. The standard InChI is InChI=1S/C11H23NO/c1-8(13)6-12-7-9-10(2,3)11(9,4)5/h8-9,12-13H,6-7H2,1-5H3/t8-/m1/s1. The average Bonchev–Trinajstić information content (AvgIpc) is 2.30. The summed E-state index contributed by atoms with van der Waals surface area (Å²) in [7, 11) is 0. The number of nitrogens with one attached hydrogen (secondary N) is 1. The fraction of sp³-hybridized carbons (Fsp3) is 1.00. The van der Waals surface area contributed by atoms with Crippen molar-refractivity contribution in [1.82, 2.24) is 5.32 Å². The van der Waals surface area contributed by atoms with Gasteiger partial charge in [0.2, 0.25) is 0 Å². The van der Waals surface area contributed by atoms with Gasteiger partial charge < -0.3 is 10.4 Å². The lowest BCUT2D eigenvalue weighted by Gasteiger charge is -2.07. The van der Waals surface area contributed by atoms with E-state index in [0.717, 1.165) is 12.5 Å². The molecular weight excluding hydrogens is 162 g/mol. The van der Waals surface area contributed by atoms with Crippen LogP contribution in [0.25, 0.3) is 0 Å². The van der Waals surface area contributed by atoms with Crippen molar-refractivity contribution in [3.63, 3.8) is 0 Å². The Balaban J connectivity index is 2.26. The molecule has 1 aliphatic rings. The zero-order valence-electron chi connectivity index (χ0n) is 9.52. The van der Waals surface area contributed by atoms with E-state index in [1.54, 1.807) is 0 Å². The van der Waals surface area contributed by atoms with E-state index in [2.05, 4.69) is 33.0 Å². The summed E-state index contributed by atoms with van der Waals surface area (Å²) in [5, 5.41) is 12.4. The van der Waals surface area contributed by atoms with E-state index in [-0.39, 0.29) is 6.10 Å². The van der Waals surface area contributed by atoms with Crippen LogP contribution in [0.5, 0.6) is 0 Å². The first kappa shape index (κ1) is 11.0. The molecule has 0 spiro atoms. The second-order valence-corrected chi connectivity index (χ2v) is 5.50. The van der Waals surface area contributed by atoms with E-state index >= 15 is 0 Å². The molecule has 1 saturated carbocycles. The van der Waals surface area contributed by atoms with Gasteiger partial charge in [0, 0.05) is 6.54 Å². The molecule has 0 unspecified atom stereocenters. The van der Waals surface area contributed by atoms with Gasteiger partial charge in [-0.25, -0.2) is 0 Å². The summed E-state index contributed by atoms with van der Waals surface area (Å²) in [6, 6.07) is 0. The van der Waals surface area contributed by atoms with Gasteiger partial charge in [-0.3, -0.25) is 0 Å². The summed E-state index contributed by atoms with van der Waals surface area (Å²) in [4.78, 5) is 0. The Hall–Kier alpha value is -0.0800. The summed E-state index contributed by atoms with van der Waals surface area (Å²) in [5.74, 6) is 0.749. The van der Waals surface area contributed by atoms with Crippen molar-refractivity contribution in [3.8, 4) is 0 Å². The lowest BCUT2D eigenvalue weighted by atomic mass is 10.0. The lowest BCUT2D eigenvalue weighted by molar-refractivity contribution is 0.190. The molecule has 13 heavy (non-hydrogen) atoms. The Morgan fingerprint density at radius 3 is 2.00 bits per heavy atom. The van der Waals surface area contributed by atoms with Gasteiger partial charge in [-0.05, 0) is 30.2 Å². The van der Waals surface area contributed by atoms with Gasteiger partial charge in [0.05, 0.1) is 6.10 Å². The Bertz CT molecular complexity index is 171. The molecule has 0 aromatic rings. The molecule has 1 fully saturated rings. The first-order valence-electron chi connectivity index (χ1n) is 5.19. The molecule has 0 saturated heterocycles. The summed E-state index contributed by atoms with van der Waals surface area (Å²) in [6.07, 6.45) is -0.232. The van der Waals surface area contributed by atoms with Crippen molar-refractivity contribution in [2.75, 3.05) is 13.1 Å². The lowest BCUT2D eigenvalue weighted by Crippen LogP contribution is -2.27. The van der Waals surface area contributed by atoms with E-state index in [4.69, 9.17) is 5.11 Å². The van der Waals surface area contributed by atoms with E-state index in [1.165, 1.54) is 0 Å². The molecule has 1 atom stereocenters. The van der Waals surface area contributed by atoms with Crippen molar-refractivity contribution in [2.45, 2.75) is 40.7 Å². The van der Waals surface area contributed by atoms with Crippen molar-refractivity contribution in [1.29, 1.82) is 0 Å². The van der Waals surface area contributed by atoms with Crippen LogP contribution < -0.4 is 5.32 Å². The first-order valence-corrected chi connectivity index (χ1v) is 5.19. The topological polar surface area (TPSA) is 32.3 Å². The minimum Gasteiger partial charge on any atom is -0.392 e. The number of hydrogen-bond donors (Lipinski definition) is 2. The molecule has 2 nitrogen and oxygen atoms in total. The average molecular weight is 185 g/mol. The number of rotatable bonds is 4. The Labute approximate surface area is 81.7 Å². The molecule has 1 rings (SSSR count). The summed E-state index contributed by atoms with van der Waals surface area (Å²) < 4.78 is 0. The zero-order chi connectivity index (χ0) is 10.3. The molecule has 2 N–H and O–H groups in total. The van der Waals surface area contributed by atoms with Crippen LogP contribution in [0.4, 0.5) is 0 Å². The maximum atomic E-state index is 9.08. The Kier molecular flexibility index (Phi) is 2.75. The predicted octanol–water partition coefficient (Wildman–Crippen LogP) is 1.64. The quantitative estimate of drug-likeness (QED) is 0.698. The normalized spacial score (nSPS) is 27.2. The maximum absolute atomic E-state index is 9.08. The van der Waals surface area contributed by atoms with Gasteiger partial charge in [-0.15, -0.1) is 0 Å². The van der Waals surface area contributed by atoms with Crippen LogP contribution in [0.2, 0.25) is 0 Å². The molecular formula is C11H23NO. The molecule has 0 aromatic carbocycles. The number of hydrogen-bond acceptors (Lipinski definition) is 2. The summed E-state index contributed by atoms with van der Waals surface area (Å²) >= 11 is 0. The van der Waals surface area contributed by atoms with E-state index in [0.29, 0.717) is 17.4 Å². The second kappa shape index (κ2) is 3.25. The third kappa shape index (κ3) is 1.89. The number of aliphatic hydroxyl groups is 1. The zero-order valence-corrected chi connectivity index (χ0v) is 9.52. The van der Waals surface area contributed by atoms with Gasteiger partial charge >= 0.3 is 0 Å². The molecule has 0 heterocycles. The molecule has 0 aliphatic heterocycles. The van der Waals surface area contributed by atoms with Gasteiger partial charge in [0.25, 0.3) is 0 Å². The highest BCUT2D eigenvalue weighted by atomic mass is 16.3. The van der Waals surface area contributed by atoms with Crippen LogP contribution in [0, 0.1) is 16.7 Å². The van der Waals surface area contributed by atoms with Crippen LogP contribution in [-0.2, 0) is 0 Å². The van der Waals surface area contributed by atoms with Gasteiger partial charge in [-0.2, -0.15) is 0 Å². The third-order valence-corrected chi connectivity index (χ3v) is 4.11. The van der Waals surface area contributed by atoms with Crippen LogP contribution in [0.15, 0.2) is 0 Å². The second-order valence-electron chi connectivity index (χ2n) is 5.50. The number of aliphatic hydroxyl groups excluding tert-OH is 1. The first-order chi connectivity index (χ1) is 5.80. The molecule has 0 amide bonds.